The van der Waals surface area contributed by atoms with E-state index in [0.29, 0.717) is 0 Å². The molecule has 2 nitrogen and oxygen atoms in total. The maximum absolute atomic E-state index is 13.5. The van der Waals surface area contributed by atoms with Gasteiger partial charge in [-0.1, -0.05) is 6.08 Å². The molecule has 0 aliphatic carbocycles. The molecule has 1 saturated heterocycles. The number of anilines is 1. The van der Waals surface area contributed by atoms with E-state index in [-0.39, 0.29) is 30.5 Å². The van der Waals surface area contributed by atoms with E-state index in [0.717, 1.165) is 17.0 Å². The Kier molecular flexibility index (Phi) is 2.92. The summed E-state index contributed by atoms with van der Waals surface area (Å²) in [6.07, 6.45) is 1.80. The van der Waals surface area contributed by atoms with Crippen molar-refractivity contribution in [1.82, 2.24) is 0 Å². The first kappa shape index (κ1) is 11.7. The largest absolute Gasteiger partial charge is 0.309 e. The Labute approximate surface area is 96.3 Å². The van der Waals surface area contributed by atoms with Crippen molar-refractivity contribution in [2.75, 3.05) is 11.4 Å². The summed E-state index contributed by atoms with van der Waals surface area (Å²) in [6, 6.07) is 1.87. The van der Waals surface area contributed by atoms with Crippen LogP contribution in [0, 0.1) is 23.4 Å². The van der Waals surface area contributed by atoms with Crippen molar-refractivity contribution < 1.29 is 18.0 Å². The number of hydrogen-bond donors (Lipinski definition) is 0. The number of benzene rings is 1. The number of carbonyl (C=O) groups is 1. The molecule has 0 saturated carbocycles. The molecule has 1 fully saturated rings. The molecule has 1 amide bonds. The first-order valence-electron chi connectivity index (χ1n) is 5.11. The fraction of sp³-hybridized carbons (Fsp3) is 0.250. The molecule has 1 aliphatic rings. The van der Waals surface area contributed by atoms with Crippen molar-refractivity contribution in [3.05, 3.63) is 42.2 Å². The summed E-state index contributed by atoms with van der Waals surface area (Å²) in [5.41, 5.74) is -0.224. The first-order valence-corrected chi connectivity index (χ1v) is 5.11. The molecule has 0 N–H and O–H groups in total. The van der Waals surface area contributed by atoms with E-state index >= 15 is 0 Å². The molecule has 1 heterocycles. The van der Waals surface area contributed by atoms with Gasteiger partial charge in [0.1, 0.15) is 0 Å². The van der Waals surface area contributed by atoms with E-state index in [4.69, 9.17) is 0 Å². The number of rotatable bonds is 2. The van der Waals surface area contributed by atoms with E-state index < -0.39 is 17.5 Å². The second-order valence-electron chi connectivity index (χ2n) is 3.90. The lowest BCUT2D eigenvalue weighted by Gasteiger charge is -2.17. The molecule has 90 valence electrons. The van der Waals surface area contributed by atoms with Crippen LogP contribution in [-0.2, 0) is 4.79 Å². The van der Waals surface area contributed by atoms with Gasteiger partial charge in [-0.2, -0.15) is 0 Å². The lowest BCUT2D eigenvalue weighted by Crippen LogP contribution is -2.25. The van der Waals surface area contributed by atoms with E-state index in [9.17, 15) is 18.0 Å². The highest BCUT2D eigenvalue weighted by Crippen LogP contribution is 2.29. The van der Waals surface area contributed by atoms with Crippen LogP contribution in [0.1, 0.15) is 6.42 Å². The van der Waals surface area contributed by atoms with Gasteiger partial charge < -0.3 is 4.90 Å². The minimum absolute atomic E-state index is 0.0879. The van der Waals surface area contributed by atoms with Crippen molar-refractivity contribution in [3.63, 3.8) is 0 Å². The molecule has 0 spiro atoms. The van der Waals surface area contributed by atoms with Gasteiger partial charge in [0.05, 0.1) is 5.69 Å². The molecular formula is C12H10F3NO. The smallest absolute Gasteiger partial charge is 0.227 e. The van der Waals surface area contributed by atoms with Crippen LogP contribution in [-0.4, -0.2) is 12.5 Å². The number of halogens is 3. The summed E-state index contributed by atoms with van der Waals surface area (Å²) in [7, 11) is 0. The molecule has 2 rings (SSSR count). The standard InChI is InChI=1S/C12H10F3NO/c1-2-7-5-10(17)16(6-7)9-4-3-8(13)11(14)12(9)15/h2-4,7H,1,5-6H2. The minimum atomic E-state index is -1.56. The average Bonchev–Trinajstić information content (AvgIpc) is 2.68. The Morgan fingerprint density at radius 3 is 2.59 bits per heavy atom. The summed E-state index contributed by atoms with van der Waals surface area (Å²) < 4.78 is 39.3. The molecular weight excluding hydrogens is 231 g/mol. The minimum Gasteiger partial charge on any atom is -0.309 e. The van der Waals surface area contributed by atoms with Gasteiger partial charge in [-0.3, -0.25) is 4.79 Å². The average molecular weight is 241 g/mol. The molecule has 1 atom stereocenters. The van der Waals surface area contributed by atoms with Gasteiger partial charge in [0.25, 0.3) is 0 Å². The Hall–Kier alpha value is -1.78. The highest BCUT2D eigenvalue weighted by atomic mass is 19.2. The molecule has 17 heavy (non-hydrogen) atoms. The zero-order chi connectivity index (χ0) is 12.6. The van der Waals surface area contributed by atoms with E-state index in [1.807, 2.05) is 0 Å². The maximum atomic E-state index is 13.5. The second kappa shape index (κ2) is 4.24. The zero-order valence-electron chi connectivity index (χ0n) is 8.92. The van der Waals surface area contributed by atoms with Gasteiger partial charge in [-0.05, 0) is 12.1 Å². The van der Waals surface area contributed by atoms with E-state index in [1.54, 1.807) is 6.08 Å². The summed E-state index contributed by atoms with van der Waals surface area (Å²) in [5.74, 6) is -4.56. The summed E-state index contributed by atoms with van der Waals surface area (Å²) in [5, 5.41) is 0. The molecule has 1 unspecified atom stereocenters. The molecule has 0 bridgehead atoms. The van der Waals surface area contributed by atoms with Crippen molar-refractivity contribution >= 4 is 11.6 Å². The molecule has 5 heteroatoms. The van der Waals surface area contributed by atoms with Gasteiger partial charge in [0, 0.05) is 18.9 Å². The fourth-order valence-electron chi connectivity index (χ4n) is 1.85. The molecule has 1 aromatic rings. The summed E-state index contributed by atoms with van der Waals surface area (Å²) in [6.45, 7) is 3.79. The third-order valence-electron chi connectivity index (χ3n) is 2.79. The van der Waals surface area contributed by atoms with Crippen LogP contribution in [0.2, 0.25) is 0 Å². The SMILES string of the molecule is C=CC1CC(=O)N(c2ccc(F)c(F)c2F)C1. The number of nitrogens with zero attached hydrogens (tertiary/aromatic N) is 1. The summed E-state index contributed by atoms with van der Waals surface area (Å²) in [4.78, 5) is 12.7. The van der Waals surface area contributed by atoms with Gasteiger partial charge in [-0.25, -0.2) is 13.2 Å². The van der Waals surface area contributed by atoms with Gasteiger partial charge in [-0.15, -0.1) is 6.58 Å². The third kappa shape index (κ3) is 1.92. The predicted molar refractivity (Wildman–Crippen MR) is 57.0 cm³/mol. The number of hydrogen-bond acceptors (Lipinski definition) is 1. The van der Waals surface area contributed by atoms with Crippen molar-refractivity contribution in [1.29, 1.82) is 0 Å². The van der Waals surface area contributed by atoms with Crippen molar-refractivity contribution in [2.24, 2.45) is 5.92 Å². The first-order chi connectivity index (χ1) is 8.04. The monoisotopic (exact) mass is 241 g/mol. The predicted octanol–water partition coefficient (Wildman–Crippen LogP) is 2.64. The topological polar surface area (TPSA) is 20.3 Å². The van der Waals surface area contributed by atoms with Crippen molar-refractivity contribution in [3.8, 4) is 0 Å². The molecule has 1 aromatic carbocycles. The molecule has 0 radical (unpaired) electrons. The lowest BCUT2D eigenvalue weighted by atomic mass is 10.1. The Bertz CT molecular complexity index is 487. The van der Waals surface area contributed by atoms with Gasteiger partial charge >= 0.3 is 0 Å². The lowest BCUT2D eigenvalue weighted by molar-refractivity contribution is -0.117. The van der Waals surface area contributed by atoms with Crippen LogP contribution in [0.5, 0.6) is 0 Å². The number of amides is 1. The number of carbonyl (C=O) groups excluding carboxylic acids is 1. The highest BCUT2D eigenvalue weighted by Gasteiger charge is 2.31. The Morgan fingerprint density at radius 2 is 2.00 bits per heavy atom. The zero-order valence-corrected chi connectivity index (χ0v) is 8.92. The van der Waals surface area contributed by atoms with Crippen molar-refractivity contribution in [2.45, 2.75) is 6.42 Å². The van der Waals surface area contributed by atoms with Crippen LogP contribution in [0.25, 0.3) is 0 Å². The third-order valence-corrected chi connectivity index (χ3v) is 2.79. The van der Waals surface area contributed by atoms with Crippen LogP contribution >= 0.6 is 0 Å². The molecule has 0 aromatic heterocycles. The normalized spacial score (nSPS) is 19.8. The quantitative estimate of drug-likeness (QED) is 0.575. The fourth-order valence-corrected chi connectivity index (χ4v) is 1.85. The van der Waals surface area contributed by atoms with Crippen LogP contribution in [0.3, 0.4) is 0 Å². The van der Waals surface area contributed by atoms with Crippen LogP contribution in [0.15, 0.2) is 24.8 Å². The molecule has 1 aliphatic heterocycles. The van der Waals surface area contributed by atoms with Crippen LogP contribution in [0.4, 0.5) is 18.9 Å². The van der Waals surface area contributed by atoms with Gasteiger partial charge in [0.15, 0.2) is 17.5 Å². The Balaban J connectivity index is 2.39. The van der Waals surface area contributed by atoms with Crippen LogP contribution < -0.4 is 4.90 Å². The maximum Gasteiger partial charge on any atom is 0.227 e. The highest BCUT2D eigenvalue weighted by molar-refractivity contribution is 5.96. The van der Waals surface area contributed by atoms with Gasteiger partial charge in [0.2, 0.25) is 5.91 Å². The van der Waals surface area contributed by atoms with E-state index in [2.05, 4.69) is 6.58 Å². The van der Waals surface area contributed by atoms with E-state index in [1.165, 1.54) is 0 Å². The Morgan fingerprint density at radius 1 is 1.29 bits per heavy atom. The second-order valence-corrected chi connectivity index (χ2v) is 3.90. The summed E-state index contributed by atoms with van der Waals surface area (Å²) >= 11 is 0.